The molecule has 1 unspecified atom stereocenters. The van der Waals surface area contributed by atoms with Gasteiger partial charge in [0.05, 0.1) is 13.7 Å². The monoisotopic (exact) mass is 290 g/mol. The first-order valence-corrected chi connectivity index (χ1v) is 7.82. The van der Waals surface area contributed by atoms with Crippen LogP contribution in [0.1, 0.15) is 31.2 Å². The molecule has 0 amide bonds. The van der Waals surface area contributed by atoms with Crippen molar-refractivity contribution in [3.63, 3.8) is 0 Å². The zero-order valence-electron chi connectivity index (χ0n) is 12.9. The molecule has 21 heavy (non-hydrogen) atoms. The molecule has 4 nitrogen and oxygen atoms in total. The van der Waals surface area contributed by atoms with Gasteiger partial charge in [-0.05, 0) is 56.3 Å². The van der Waals surface area contributed by atoms with Gasteiger partial charge in [-0.1, -0.05) is 18.2 Å². The summed E-state index contributed by atoms with van der Waals surface area (Å²) in [6.45, 7) is 2.89. The average molecular weight is 290 g/mol. The Morgan fingerprint density at radius 2 is 2.24 bits per heavy atom. The van der Waals surface area contributed by atoms with Crippen LogP contribution in [0.3, 0.4) is 0 Å². The smallest absolute Gasteiger partial charge is 0.180 e. The molecule has 1 aromatic carbocycles. The van der Waals surface area contributed by atoms with Gasteiger partial charge in [0.15, 0.2) is 5.90 Å². The fourth-order valence-corrected chi connectivity index (χ4v) is 2.74. The first-order chi connectivity index (χ1) is 10.3. The molecule has 1 atom stereocenters. The Morgan fingerprint density at radius 3 is 3.00 bits per heavy atom. The summed E-state index contributed by atoms with van der Waals surface area (Å²) in [6.07, 6.45) is 5.09. The number of rotatable bonds is 7. The lowest BCUT2D eigenvalue weighted by Crippen LogP contribution is -2.30. The van der Waals surface area contributed by atoms with E-state index in [1.165, 1.54) is 25.5 Å². The molecule has 0 saturated carbocycles. The highest BCUT2D eigenvalue weighted by Gasteiger charge is 2.15. The third-order valence-corrected chi connectivity index (χ3v) is 3.93. The van der Waals surface area contributed by atoms with Gasteiger partial charge in [-0.15, -0.1) is 0 Å². The predicted molar refractivity (Wildman–Crippen MR) is 85.2 cm³/mol. The molecule has 1 saturated heterocycles. The summed E-state index contributed by atoms with van der Waals surface area (Å²) >= 11 is 0. The number of hydrogen-bond acceptors (Lipinski definition) is 4. The lowest BCUT2D eigenvalue weighted by molar-refractivity contribution is 0.298. The highest BCUT2D eigenvalue weighted by molar-refractivity contribution is 5.72. The van der Waals surface area contributed by atoms with E-state index >= 15 is 0 Å². The van der Waals surface area contributed by atoms with Crippen molar-refractivity contribution in [2.75, 3.05) is 26.8 Å². The van der Waals surface area contributed by atoms with Crippen molar-refractivity contribution < 1.29 is 9.47 Å². The zero-order valence-corrected chi connectivity index (χ0v) is 12.9. The summed E-state index contributed by atoms with van der Waals surface area (Å²) in [7, 11) is 1.54. The van der Waals surface area contributed by atoms with Crippen LogP contribution in [0.4, 0.5) is 0 Å². The summed E-state index contributed by atoms with van der Waals surface area (Å²) < 4.78 is 10.7. The van der Waals surface area contributed by atoms with E-state index in [0.717, 1.165) is 31.7 Å². The Labute approximate surface area is 127 Å². The third-order valence-electron chi connectivity index (χ3n) is 3.93. The minimum atomic E-state index is 0.320. The second-order valence-electron chi connectivity index (χ2n) is 5.60. The van der Waals surface area contributed by atoms with Gasteiger partial charge in [-0.3, -0.25) is 5.41 Å². The van der Waals surface area contributed by atoms with Gasteiger partial charge in [0.25, 0.3) is 0 Å². The summed E-state index contributed by atoms with van der Waals surface area (Å²) in [5, 5.41) is 10.9. The van der Waals surface area contributed by atoms with Crippen molar-refractivity contribution >= 4 is 5.90 Å². The van der Waals surface area contributed by atoms with Crippen LogP contribution < -0.4 is 10.1 Å². The number of piperidine rings is 1. The number of hydrogen-bond donors (Lipinski definition) is 2. The van der Waals surface area contributed by atoms with E-state index in [4.69, 9.17) is 14.9 Å². The zero-order chi connectivity index (χ0) is 14.9. The minimum absolute atomic E-state index is 0.320. The molecule has 1 heterocycles. The van der Waals surface area contributed by atoms with E-state index < -0.39 is 0 Å². The highest BCUT2D eigenvalue weighted by Crippen LogP contribution is 2.24. The molecule has 0 aromatic heterocycles. The van der Waals surface area contributed by atoms with Gasteiger partial charge in [0.1, 0.15) is 5.75 Å². The highest BCUT2D eigenvalue weighted by atomic mass is 16.5. The van der Waals surface area contributed by atoms with Gasteiger partial charge in [0.2, 0.25) is 0 Å². The summed E-state index contributed by atoms with van der Waals surface area (Å²) in [4.78, 5) is 0. The van der Waals surface area contributed by atoms with Crippen LogP contribution in [-0.4, -0.2) is 32.7 Å². The first-order valence-electron chi connectivity index (χ1n) is 7.82. The molecule has 0 bridgehead atoms. The van der Waals surface area contributed by atoms with Crippen LogP contribution >= 0.6 is 0 Å². The summed E-state index contributed by atoms with van der Waals surface area (Å²) in [5.74, 6) is 2.03. The number of ether oxygens (including phenoxy) is 2. The summed E-state index contributed by atoms with van der Waals surface area (Å²) in [6, 6.07) is 8.32. The van der Waals surface area contributed by atoms with Gasteiger partial charge in [-0.2, -0.15) is 0 Å². The molecule has 1 fully saturated rings. The van der Waals surface area contributed by atoms with Crippen molar-refractivity contribution in [1.82, 2.24) is 5.32 Å². The van der Waals surface area contributed by atoms with E-state index in [0.29, 0.717) is 24.8 Å². The van der Waals surface area contributed by atoms with Crippen LogP contribution in [-0.2, 0) is 11.2 Å². The molecule has 0 radical (unpaired) electrons. The Kier molecular flexibility index (Phi) is 6.54. The Balaban J connectivity index is 1.83. The molecule has 1 aromatic rings. The molecule has 116 valence electrons. The molecule has 2 N–H and O–H groups in total. The molecular weight excluding hydrogens is 264 g/mol. The molecule has 0 spiro atoms. The topological polar surface area (TPSA) is 54.3 Å². The van der Waals surface area contributed by atoms with E-state index in [1.54, 1.807) is 0 Å². The second-order valence-corrected chi connectivity index (χ2v) is 5.60. The molecule has 4 heteroatoms. The number of nitrogens with one attached hydrogen (secondary N) is 2. The van der Waals surface area contributed by atoms with Crippen LogP contribution in [0.25, 0.3) is 0 Å². The molecule has 1 aliphatic rings. The van der Waals surface area contributed by atoms with Crippen LogP contribution in [0.5, 0.6) is 5.75 Å². The van der Waals surface area contributed by atoms with Crippen molar-refractivity contribution in [3.8, 4) is 5.75 Å². The fourth-order valence-electron chi connectivity index (χ4n) is 2.74. The standard InChI is InChI=1S/C17H26N2O2/c1-20-17(18)9-5-11-21-16-8-3-2-7-15(16)12-14-6-4-10-19-13-14/h2-3,7-8,14,18-19H,4-6,9-13H2,1H3. The number of benzene rings is 1. The van der Waals surface area contributed by atoms with Gasteiger partial charge in [-0.25, -0.2) is 0 Å². The normalized spacial score (nSPS) is 18.2. The van der Waals surface area contributed by atoms with Crippen molar-refractivity contribution in [3.05, 3.63) is 29.8 Å². The van der Waals surface area contributed by atoms with Crippen molar-refractivity contribution in [2.24, 2.45) is 5.92 Å². The van der Waals surface area contributed by atoms with Crippen molar-refractivity contribution in [1.29, 1.82) is 5.41 Å². The maximum Gasteiger partial charge on any atom is 0.180 e. The van der Waals surface area contributed by atoms with Gasteiger partial charge >= 0.3 is 0 Å². The lowest BCUT2D eigenvalue weighted by Gasteiger charge is -2.23. The van der Waals surface area contributed by atoms with E-state index in [2.05, 4.69) is 17.4 Å². The minimum Gasteiger partial charge on any atom is -0.493 e. The number of methoxy groups -OCH3 is 1. The third kappa shape index (κ3) is 5.38. The lowest BCUT2D eigenvalue weighted by atomic mass is 9.92. The number of para-hydroxylation sites is 1. The maximum atomic E-state index is 7.45. The van der Waals surface area contributed by atoms with Crippen LogP contribution in [0, 0.1) is 11.3 Å². The summed E-state index contributed by atoms with van der Waals surface area (Å²) in [5.41, 5.74) is 1.30. The Bertz CT molecular complexity index is 442. The molecule has 2 rings (SSSR count). The molecule has 0 aliphatic carbocycles. The second kappa shape index (κ2) is 8.67. The molecular formula is C17H26N2O2. The average Bonchev–Trinajstić information content (AvgIpc) is 2.53. The maximum absolute atomic E-state index is 7.45. The van der Waals surface area contributed by atoms with E-state index in [-0.39, 0.29) is 0 Å². The first kappa shape index (κ1) is 15.8. The SMILES string of the molecule is COC(=N)CCCOc1ccccc1CC1CCCNC1. The fraction of sp³-hybridized carbons (Fsp3) is 0.588. The van der Waals surface area contributed by atoms with Crippen molar-refractivity contribution in [2.45, 2.75) is 32.1 Å². The van der Waals surface area contributed by atoms with Crippen LogP contribution in [0.15, 0.2) is 24.3 Å². The Morgan fingerprint density at radius 1 is 1.38 bits per heavy atom. The Hall–Kier alpha value is -1.55. The van der Waals surface area contributed by atoms with Gasteiger partial charge < -0.3 is 14.8 Å². The largest absolute Gasteiger partial charge is 0.493 e. The quantitative estimate of drug-likeness (QED) is 0.461. The van der Waals surface area contributed by atoms with E-state index in [1.807, 2.05) is 12.1 Å². The molecule has 1 aliphatic heterocycles. The van der Waals surface area contributed by atoms with E-state index in [9.17, 15) is 0 Å². The van der Waals surface area contributed by atoms with Crippen LogP contribution in [0.2, 0.25) is 0 Å². The van der Waals surface area contributed by atoms with Gasteiger partial charge in [0, 0.05) is 6.42 Å². The predicted octanol–water partition coefficient (Wildman–Crippen LogP) is 3.01.